The molecule has 0 aromatic heterocycles. The van der Waals surface area contributed by atoms with Crippen molar-refractivity contribution in [3.8, 4) is 0 Å². The van der Waals surface area contributed by atoms with Gasteiger partial charge in [-0.25, -0.2) is 0 Å². The van der Waals surface area contributed by atoms with E-state index in [9.17, 15) is 4.79 Å². The first-order valence-corrected chi connectivity index (χ1v) is 3.55. The number of carbonyl (C=O) groups excluding carboxylic acids is 1. The molecule has 0 aromatic carbocycles. The molecule has 0 spiro atoms. The van der Waals surface area contributed by atoms with Crippen LogP contribution in [0.1, 0.15) is 6.42 Å². The Hall–Kier alpha value is 0.110. The summed E-state index contributed by atoms with van der Waals surface area (Å²) in [7, 11) is 1.73. The summed E-state index contributed by atoms with van der Waals surface area (Å²) in [6.07, 6.45) is 0.475. The van der Waals surface area contributed by atoms with E-state index in [2.05, 4.69) is 0 Å². The zero-order chi connectivity index (χ0) is 6.15. The van der Waals surface area contributed by atoms with Gasteiger partial charge >= 0.3 is 0 Å². The van der Waals surface area contributed by atoms with Crippen LogP contribution in [0.4, 0.5) is 0 Å². The Labute approximate surface area is 57.3 Å². The summed E-state index contributed by atoms with van der Waals surface area (Å²) >= 11 is 6.98. The smallest absolute Gasteiger partial charge is 0.234 e. The maximum absolute atomic E-state index is 10.6. The Balaban J connectivity index is 2.51. The van der Waals surface area contributed by atoms with Gasteiger partial charge in [0.15, 0.2) is 0 Å². The molecule has 1 heterocycles. The summed E-state index contributed by atoms with van der Waals surface area (Å²) in [6, 6.07) is 0. The van der Waals surface area contributed by atoms with Crippen LogP contribution < -0.4 is 0 Å². The molecule has 0 saturated carbocycles. The van der Waals surface area contributed by atoms with Crippen molar-refractivity contribution in [3.63, 3.8) is 0 Å². The Kier molecular flexibility index (Phi) is 1.68. The first-order chi connectivity index (χ1) is 3.70. The van der Waals surface area contributed by atoms with Crippen LogP contribution in [0.3, 0.4) is 0 Å². The van der Waals surface area contributed by atoms with E-state index in [-0.39, 0.29) is 10.6 Å². The predicted octanol–water partition coefficient (Wildman–Crippen LogP) is 1.06. The number of carbonyl (C=O) groups is 1. The summed E-state index contributed by atoms with van der Waals surface area (Å²) in [5, 5.41) is 0. The van der Waals surface area contributed by atoms with Gasteiger partial charge in [-0.15, -0.1) is 11.6 Å². The summed E-state index contributed by atoms with van der Waals surface area (Å²) < 4.78 is 1.53. The SMILES string of the molecule is CN1SC(Cl)CC1=O. The van der Waals surface area contributed by atoms with Crippen LogP contribution >= 0.6 is 23.5 Å². The third kappa shape index (κ3) is 1.09. The molecule has 0 radical (unpaired) electrons. The van der Waals surface area contributed by atoms with Crippen LogP contribution in [0.15, 0.2) is 0 Å². The predicted molar refractivity (Wildman–Crippen MR) is 34.6 cm³/mol. The monoisotopic (exact) mass is 151 g/mol. The minimum atomic E-state index is -0.0347. The minimum Gasteiger partial charge on any atom is -0.288 e. The van der Waals surface area contributed by atoms with E-state index >= 15 is 0 Å². The molecule has 1 fully saturated rings. The van der Waals surface area contributed by atoms with Crippen molar-refractivity contribution in [3.05, 3.63) is 0 Å². The number of hydrogen-bond donors (Lipinski definition) is 0. The minimum absolute atomic E-state index is 0.0347. The Morgan fingerprint density at radius 1 is 2.00 bits per heavy atom. The second-order valence-corrected chi connectivity index (χ2v) is 3.72. The molecule has 0 aromatic rings. The lowest BCUT2D eigenvalue weighted by Crippen LogP contribution is -2.10. The second kappa shape index (κ2) is 2.15. The lowest BCUT2D eigenvalue weighted by atomic mass is 10.5. The van der Waals surface area contributed by atoms with Crippen molar-refractivity contribution in [2.75, 3.05) is 7.05 Å². The van der Waals surface area contributed by atoms with E-state index in [1.54, 1.807) is 11.4 Å². The number of hydrogen-bond acceptors (Lipinski definition) is 2. The highest BCUT2D eigenvalue weighted by molar-refractivity contribution is 7.99. The van der Waals surface area contributed by atoms with Crippen LogP contribution in [-0.2, 0) is 4.79 Å². The molecule has 1 atom stereocenters. The highest BCUT2D eigenvalue weighted by Gasteiger charge is 2.25. The van der Waals surface area contributed by atoms with Crippen LogP contribution in [0.25, 0.3) is 0 Å². The van der Waals surface area contributed by atoms with Crippen molar-refractivity contribution < 1.29 is 4.79 Å². The van der Waals surface area contributed by atoms with Gasteiger partial charge in [-0.3, -0.25) is 9.10 Å². The first kappa shape index (κ1) is 6.23. The maximum atomic E-state index is 10.6. The molecule has 2 nitrogen and oxygen atoms in total. The summed E-state index contributed by atoms with van der Waals surface area (Å²) in [5.74, 6) is 0.120. The molecule has 0 bridgehead atoms. The molecule has 1 saturated heterocycles. The standard InChI is InChI=1S/C4H6ClNOS/c1-6-4(7)2-3(5)8-6/h3H,2H2,1H3. The van der Waals surface area contributed by atoms with Gasteiger partial charge in [0.25, 0.3) is 0 Å². The highest BCUT2D eigenvalue weighted by Crippen LogP contribution is 2.29. The van der Waals surface area contributed by atoms with Gasteiger partial charge in [0, 0.05) is 7.05 Å². The molecule has 4 heteroatoms. The van der Waals surface area contributed by atoms with Gasteiger partial charge in [0.05, 0.1) is 6.42 Å². The first-order valence-electron chi connectivity index (χ1n) is 2.27. The van der Waals surface area contributed by atoms with E-state index < -0.39 is 0 Å². The summed E-state index contributed by atoms with van der Waals surface area (Å²) in [5.41, 5.74) is 0. The average molecular weight is 152 g/mol. The van der Waals surface area contributed by atoms with Crippen molar-refractivity contribution in [1.29, 1.82) is 0 Å². The van der Waals surface area contributed by atoms with Gasteiger partial charge < -0.3 is 0 Å². The third-order valence-electron chi connectivity index (χ3n) is 0.959. The van der Waals surface area contributed by atoms with Crippen molar-refractivity contribution in [2.24, 2.45) is 0 Å². The molecule has 0 N–H and O–H groups in total. The molecule has 8 heavy (non-hydrogen) atoms. The third-order valence-corrected chi connectivity index (χ3v) is 2.27. The second-order valence-electron chi connectivity index (χ2n) is 1.61. The molecule has 1 rings (SSSR count). The fourth-order valence-electron chi connectivity index (χ4n) is 0.533. The van der Waals surface area contributed by atoms with Crippen molar-refractivity contribution >= 4 is 29.5 Å². The number of alkyl halides is 1. The number of halogens is 1. The Bertz CT molecular complexity index is 119. The number of amides is 1. The van der Waals surface area contributed by atoms with E-state index in [0.717, 1.165) is 0 Å². The van der Waals surface area contributed by atoms with E-state index in [0.29, 0.717) is 6.42 Å². The van der Waals surface area contributed by atoms with Crippen molar-refractivity contribution in [2.45, 2.75) is 11.1 Å². The van der Waals surface area contributed by atoms with Gasteiger partial charge in [0.2, 0.25) is 5.91 Å². The average Bonchev–Trinajstić information content (AvgIpc) is 1.85. The zero-order valence-corrected chi connectivity index (χ0v) is 6.00. The maximum Gasteiger partial charge on any atom is 0.234 e. The van der Waals surface area contributed by atoms with Crippen molar-refractivity contribution in [1.82, 2.24) is 4.31 Å². The normalized spacial score (nSPS) is 29.5. The molecular formula is C4H6ClNOS. The van der Waals surface area contributed by atoms with Gasteiger partial charge in [-0.2, -0.15) is 0 Å². The topological polar surface area (TPSA) is 20.3 Å². The van der Waals surface area contributed by atoms with Crippen LogP contribution in [0, 0.1) is 0 Å². The van der Waals surface area contributed by atoms with E-state index in [4.69, 9.17) is 11.6 Å². The van der Waals surface area contributed by atoms with E-state index in [1.807, 2.05) is 0 Å². The Morgan fingerprint density at radius 2 is 2.62 bits per heavy atom. The lowest BCUT2D eigenvalue weighted by molar-refractivity contribution is -0.124. The lowest BCUT2D eigenvalue weighted by Gasteiger charge is -2.02. The molecule has 0 aliphatic carbocycles. The van der Waals surface area contributed by atoms with Gasteiger partial charge in [-0.1, -0.05) is 0 Å². The largest absolute Gasteiger partial charge is 0.288 e. The van der Waals surface area contributed by atoms with Gasteiger partial charge in [0.1, 0.15) is 4.71 Å². The number of nitrogens with zero attached hydrogens (tertiary/aromatic N) is 1. The summed E-state index contributed by atoms with van der Waals surface area (Å²) in [6.45, 7) is 0. The van der Waals surface area contributed by atoms with Gasteiger partial charge in [-0.05, 0) is 11.9 Å². The molecule has 1 unspecified atom stereocenters. The van der Waals surface area contributed by atoms with Crippen LogP contribution in [0.5, 0.6) is 0 Å². The molecular weight excluding hydrogens is 146 g/mol. The summed E-state index contributed by atoms with van der Waals surface area (Å²) in [4.78, 5) is 10.6. The molecule has 46 valence electrons. The zero-order valence-electron chi connectivity index (χ0n) is 4.43. The quantitative estimate of drug-likeness (QED) is 0.381. The highest BCUT2D eigenvalue weighted by atomic mass is 35.5. The van der Waals surface area contributed by atoms with Crippen LogP contribution in [-0.4, -0.2) is 22.0 Å². The fraction of sp³-hybridized carbons (Fsp3) is 0.750. The van der Waals surface area contributed by atoms with Crippen LogP contribution in [0.2, 0.25) is 0 Å². The number of rotatable bonds is 0. The fourth-order valence-corrected chi connectivity index (χ4v) is 1.78. The molecule has 1 aliphatic rings. The molecule has 1 aliphatic heterocycles. The van der Waals surface area contributed by atoms with E-state index in [1.165, 1.54) is 11.9 Å². The Morgan fingerprint density at radius 3 is 2.75 bits per heavy atom. The molecule has 1 amide bonds.